The Balaban J connectivity index is 2.94. The molecule has 0 unspecified atom stereocenters. The van der Waals surface area contributed by atoms with E-state index in [1.807, 2.05) is 19.8 Å². The van der Waals surface area contributed by atoms with Gasteiger partial charge in [0.1, 0.15) is 5.94 Å². The Labute approximate surface area is 60.7 Å². The molecule has 0 atom stereocenters. The van der Waals surface area contributed by atoms with Gasteiger partial charge >= 0.3 is 0 Å². The Morgan fingerprint density at radius 3 is 2.80 bits per heavy atom. The lowest BCUT2D eigenvalue weighted by Gasteiger charge is -2.25. The topological polar surface area (TPSA) is 29.4 Å². The monoisotopic (exact) mass is 137 g/mol. The van der Waals surface area contributed by atoms with E-state index < -0.39 is 0 Å². The second kappa shape index (κ2) is 2.39. The fourth-order valence-electron chi connectivity index (χ4n) is 1.00. The van der Waals surface area contributed by atoms with Crippen LogP contribution >= 0.6 is 0 Å². The molecule has 0 saturated carbocycles. The summed E-state index contributed by atoms with van der Waals surface area (Å²) in [6, 6.07) is 0. The van der Waals surface area contributed by atoms with Crippen LogP contribution in [0.1, 0.15) is 20.3 Å². The summed E-state index contributed by atoms with van der Waals surface area (Å²) in [6.07, 6.45) is 2.46. The molecule has 2 nitrogen and oxygen atoms in total. The van der Waals surface area contributed by atoms with Gasteiger partial charge in [0.05, 0.1) is 0 Å². The number of hydrogen-bond acceptors (Lipinski definition) is 2. The van der Waals surface area contributed by atoms with Gasteiger partial charge in [-0.3, -0.25) is 4.99 Å². The number of nitrogens with zero attached hydrogens (tertiary/aromatic N) is 1. The fourth-order valence-corrected chi connectivity index (χ4v) is 1.00. The van der Waals surface area contributed by atoms with Crippen molar-refractivity contribution in [3.63, 3.8) is 0 Å². The van der Waals surface area contributed by atoms with Crippen molar-refractivity contribution in [2.75, 3.05) is 6.54 Å². The Kier molecular flexibility index (Phi) is 1.73. The maximum Gasteiger partial charge on any atom is 0.124 e. The third-order valence-electron chi connectivity index (χ3n) is 1.85. The first-order valence-electron chi connectivity index (χ1n) is 3.39. The molecular weight excluding hydrogens is 126 g/mol. The predicted molar refractivity (Wildman–Crippen MR) is 41.0 cm³/mol. The molecule has 1 aliphatic heterocycles. The minimum atomic E-state index is -0.0590. The Hall–Kier alpha value is -0.880. The number of hydrogen-bond donors (Lipinski definition) is 0. The molecule has 0 aromatic heterocycles. The van der Waals surface area contributed by atoms with Crippen molar-refractivity contribution in [3.05, 3.63) is 5.57 Å². The summed E-state index contributed by atoms with van der Waals surface area (Å²) in [5, 5.41) is 0. The first kappa shape index (κ1) is 7.23. The first-order valence-corrected chi connectivity index (χ1v) is 3.39. The molecular formula is C8H11NO. The highest BCUT2D eigenvalue weighted by atomic mass is 16.1. The molecule has 0 bridgehead atoms. The van der Waals surface area contributed by atoms with Gasteiger partial charge in [-0.15, -0.1) is 0 Å². The van der Waals surface area contributed by atoms with Gasteiger partial charge in [0.15, 0.2) is 0 Å². The summed E-state index contributed by atoms with van der Waals surface area (Å²) in [7, 11) is 0. The van der Waals surface area contributed by atoms with Gasteiger partial charge in [-0.2, -0.15) is 0 Å². The van der Waals surface area contributed by atoms with Crippen molar-refractivity contribution in [3.8, 4) is 0 Å². The van der Waals surface area contributed by atoms with Crippen LogP contribution in [0.2, 0.25) is 0 Å². The zero-order valence-electron chi connectivity index (χ0n) is 6.35. The molecule has 0 aromatic rings. The summed E-state index contributed by atoms with van der Waals surface area (Å²) in [5.74, 6) is 1.97. The average molecular weight is 137 g/mol. The van der Waals surface area contributed by atoms with Crippen LogP contribution in [0.4, 0.5) is 0 Å². The van der Waals surface area contributed by atoms with E-state index in [0.717, 1.165) is 12.1 Å². The number of rotatable bonds is 0. The lowest BCUT2D eigenvalue weighted by atomic mass is 9.82. The molecule has 0 spiro atoms. The summed E-state index contributed by atoms with van der Waals surface area (Å²) < 4.78 is 0. The fraction of sp³-hybridized carbons (Fsp3) is 0.625. The second-order valence-electron chi connectivity index (χ2n) is 3.19. The molecule has 1 rings (SSSR count). The van der Waals surface area contributed by atoms with Crippen LogP contribution in [0.3, 0.4) is 0 Å². The van der Waals surface area contributed by atoms with E-state index in [1.54, 1.807) is 6.21 Å². The molecule has 1 aliphatic rings. The molecule has 0 radical (unpaired) electrons. The standard InChI is InChI=1S/C8H11NO/c1-8(2)6-9-4-3-7(8)5-10/h4H,3,6H2,1-2H3. The molecule has 54 valence electrons. The molecule has 0 saturated heterocycles. The first-order chi connectivity index (χ1) is 4.67. The smallest absolute Gasteiger partial charge is 0.124 e. The van der Waals surface area contributed by atoms with Crippen molar-refractivity contribution in [1.82, 2.24) is 0 Å². The van der Waals surface area contributed by atoms with Gasteiger partial charge < -0.3 is 0 Å². The van der Waals surface area contributed by atoms with E-state index in [4.69, 9.17) is 0 Å². The van der Waals surface area contributed by atoms with Gasteiger partial charge in [0, 0.05) is 30.2 Å². The quantitative estimate of drug-likeness (QED) is 0.462. The van der Waals surface area contributed by atoms with Crippen molar-refractivity contribution in [2.45, 2.75) is 20.3 Å². The average Bonchev–Trinajstić information content (AvgIpc) is 1.87. The van der Waals surface area contributed by atoms with Gasteiger partial charge in [-0.05, 0) is 0 Å². The van der Waals surface area contributed by atoms with Crippen LogP contribution in [-0.4, -0.2) is 18.7 Å². The normalized spacial score (nSPS) is 22.4. The van der Waals surface area contributed by atoms with Crippen molar-refractivity contribution >= 4 is 12.2 Å². The largest absolute Gasteiger partial charge is 0.296 e. The number of aliphatic imine (C=N–C) groups is 1. The zero-order chi connectivity index (χ0) is 7.61. The van der Waals surface area contributed by atoms with E-state index in [1.165, 1.54) is 0 Å². The highest BCUT2D eigenvalue weighted by Gasteiger charge is 2.25. The highest BCUT2D eigenvalue weighted by Crippen LogP contribution is 2.28. The maximum atomic E-state index is 10.4. The summed E-state index contributed by atoms with van der Waals surface area (Å²) in [6.45, 7) is 4.76. The highest BCUT2D eigenvalue weighted by molar-refractivity contribution is 5.70. The van der Waals surface area contributed by atoms with Crippen LogP contribution in [0.25, 0.3) is 0 Å². The molecule has 10 heavy (non-hydrogen) atoms. The predicted octanol–water partition coefficient (Wildman–Crippen LogP) is 1.25. The van der Waals surface area contributed by atoms with E-state index >= 15 is 0 Å². The molecule has 1 heterocycles. The summed E-state index contributed by atoms with van der Waals surface area (Å²) >= 11 is 0. The summed E-state index contributed by atoms with van der Waals surface area (Å²) in [5.41, 5.74) is 0.777. The molecule has 0 amide bonds. The van der Waals surface area contributed by atoms with E-state index in [9.17, 15) is 4.79 Å². The van der Waals surface area contributed by atoms with Gasteiger partial charge in [-0.1, -0.05) is 13.8 Å². The maximum absolute atomic E-state index is 10.4. The molecule has 0 N–H and O–H groups in total. The van der Waals surface area contributed by atoms with Crippen LogP contribution in [-0.2, 0) is 4.79 Å². The van der Waals surface area contributed by atoms with Crippen LogP contribution in [0, 0.1) is 5.41 Å². The van der Waals surface area contributed by atoms with Gasteiger partial charge in [0.25, 0.3) is 0 Å². The Morgan fingerprint density at radius 2 is 2.40 bits per heavy atom. The van der Waals surface area contributed by atoms with Gasteiger partial charge in [0.2, 0.25) is 0 Å². The van der Waals surface area contributed by atoms with Crippen molar-refractivity contribution < 1.29 is 4.79 Å². The van der Waals surface area contributed by atoms with E-state index in [2.05, 4.69) is 4.99 Å². The van der Waals surface area contributed by atoms with Crippen LogP contribution in [0.15, 0.2) is 10.6 Å². The van der Waals surface area contributed by atoms with Crippen LogP contribution < -0.4 is 0 Å². The SMILES string of the molecule is CC1(C)CN=CCC1=C=O. The molecule has 0 fully saturated rings. The zero-order valence-corrected chi connectivity index (χ0v) is 6.35. The molecule has 0 aliphatic carbocycles. The molecule has 0 aromatic carbocycles. The third kappa shape index (κ3) is 1.17. The minimum Gasteiger partial charge on any atom is -0.296 e. The Bertz CT molecular complexity index is 209. The lowest BCUT2D eigenvalue weighted by Crippen LogP contribution is -2.23. The minimum absolute atomic E-state index is 0.0590. The van der Waals surface area contributed by atoms with E-state index in [0.29, 0.717) is 6.42 Å². The second-order valence-corrected chi connectivity index (χ2v) is 3.19. The third-order valence-corrected chi connectivity index (χ3v) is 1.85. The van der Waals surface area contributed by atoms with Gasteiger partial charge in [-0.25, -0.2) is 4.79 Å². The van der Waals surface area contributed by atoms with Crippen molar-refractivity contribution in [1.29, 1.82) is 0 Å². The molecule has 2 heteroatoms. The Morgan fingerprint density at radius 1 is 1.70 bits per heavy atom. The van der Waals surface area contributed by atoms with Crippen molar-refractivity contribution in [2.24, 2.45) is 10.4 Å². The lowest BCUT2D eigenvalue weighted by molar-refractivity contribution is 0.445. The van der Waals surface area contributed by atoms with Crippen LogP contribution in [0.5, 0.6) is 0 Å². The summed E-state index contributed by atoms with van der Waals surface area (Å²) in [4.78, 5) is 14.5. The van der Waals surface area contributed by atoms with E-state index in [-0.39, 0.29) is 5.41 Å². The number of carbonyl (C=O) groups excluding carboxylic acids is 1.